The molecule has 0 amide bonds. The lowest BCUT2D eigenvalue weighted by Gasteiger charge is -2.28. The maximum Gasteiger partial charge on any atom is 0.0819 e. The fourth-order valence-electron chi connectivity index (χ4n) is 2.29. The number of H-pyrrole nitrogens is 1. The third kappa shape index (κ3) is 1.63. The van der Waals surface area contributed by atoms with Crippen LogP contribution in [0.25, 0.3) is 10.9 Å². The Morgan fingerprint density at radius 1 is 1.38 bits per heavy atom. The molecule has 16 heavy (non-hydrogen) atoms. The summed E-state index contributed by atoms with van der Waals surface area (Å²) in [6.45, 7) is 0.172. The van der Waals surface area contributed by atoms with E-state index in [0.717, 1.165) is 0 Å². The quantitative estimate of drug-likeness (QED) is 0.784. The van der Waals surface area contributed by atoms with Gasteiger partial charge in [0.05, 0.1) is 6.85 Å². The molecular formula is C14H18N2. The smallest absolute Gasteiger partial charge is 0.0819 e. The van der Waals surface area contributed by atoms with Crippen LogP contribution in [0.1, 0.15) is 33.9 Å². The van der Waals surface area contributed by atoms with E-state index in [1.807, 2.05) is 0 Å². The van der Waals surface area contributed by atoms with Gasteiger partial charge < -0.3 is 9.88 Å². The SMILES string of the molecule is [2H]c1[nH]c2c([2H])c([2H])c([2H])c([2H])c2c1C1CCN(C([2H])[2H])CC1. The minimum Gasteiger partial charge on any atom is -0.361 e. The summed E-state index contributed by atoms with van der Waals surface area (Å²) in [7, 11) is 0. The van der Waals surface area contributed by atoms with Crippen LogP contribution in [-0.2, 0) is 0 Å². The normalized spacial score (nSPS) is 25.7. The highest BCUT2D eigenvalue weighted by atomic mass is 15.1. The van der Waals surface area contributed by atoms with Gasteiger partial charge >= 0.3 is 0 Å². The van der Waals surface area contributed by atoms with Crippen molar-refractivity contribution in [3.05, 3.63) is 35.9 Å². The molecule has 0 bridgehead atoms. The maximum absolute atomic E-state index is 8.17. The molecule has 0 spiro atoms. The lowest BCUT2D eigenvalue weighted by atomic mass is 9.89. The molecule has 0 saturated carbocycles. The third-order valence-corrected chi connectivity index (χ3v) is 3.22. The number of aromatic nitrogens is 1. The van der Waals surface area contributed by atoms with E-state index >= 15 is 0 Å². The molecule has 0 unspecified atom stereocenters. The predicted octanol–water partition coefficient (Wildman–Crippen LogP) is 2.98. The number of fused-ring (bicyclic) bond motifs is 1. The molecule has 0 radical (unpaired) electrons. The summed E-state index contributed by atoms with van der Waals surface area (Å²) in [5.41, 5.74) is 0.926. The van der Waals surface area contributed by atoms with Crippen LogP contribution in [0.15, 0.2) is 30.3 Å². The van der Waals surface area contributed by atoms with Crippen LogP contribution < -0.4 is 0 Å². The van der Waals surface area contributed by atoms with Crippen molar-refractivity contribution in [1.29, 1.82) is 0 Å². The Kier molecular flexibility index (Phi) is 1.21. The number of hydrogen-bond acceptors (Lipinski definition) is 1. The molecule has 1 aromatic heterocycles. The summed E-state index contributed by atoms with van der Waals surface area (Å²) < 4.78 is 54.8. The summed E-state index contributed by atoms with van der Waals surface area (Å²) in [6.07, 6.45) is 1.49. The first-order valence-corrected chi connectivity index (χ1v) is 5.50. The summed E-state index contributed by atoms with van der Waals surface area (Å²) in [5, 5.41) is 0.410. The molecule has 1 N–H and O–H groups in total. The van der Waals surface area contributed by atoms with Crippen molar-refractivity contribution in [3.8, 4) is 0 Å². The Morgan fingerprint density at radius 2 is 2.19 bits per heavy atom. The minimum absolute atomic E-state index is 0.00531. The Hall–Kier alpha value is -1.28. The number of rotatable bonds is 1. The van der Waals surface area contributed by atoms with Crippen LogP contribution >= 0.6 is 0 Å². The standard InChI is InChI=1S/C14H18N2/c1-16-8-6-11(7-9-16)13-10-15-14-5-3-2-4-12(13)14/h2-5,10-11,15H,6-9H2,1H3/i1D2,2D,3D,4D,5D,10D. The molecule has 2 aromatic rings. The molecule has 1 aliphatic heterocycles. The first-order valence-electron chi connectivity index (χ1n) is 9.15. The van der Waals surface area contributed by atoms with Crippen molar-refractivity contribution in [2.45, 2.75) is 18.8 Å². The van der Waals surface area contributed by atoms with Gasteiger partial charge in [-0.2, -0.15) is 0 Å². The lowest BCUT2D eigenvalue weighted by molar-refractivity contribution is 0.256. The average molecular weight is 221 g/mol. The number of benzene rings is 1. The van der Waals surface area contributed by atoms with Gasteiger partial charge in [0.1, 0.15) is 0 Å². The van der Waals surface area contributed by atoms with Gasteiger partial charge in [-0.05, 0) is 50.5 Å². The van der Waals surface area contributed by atoms with E-state index in [4.69, 9.17) is 9.60 Å². The van der Waals surface area contributed by atoms with E-state index in [9.17, 15) is 0 Å². The van der Waals surface area contributed by atoms with Gasteiger partial charge in [0.25, 0.3) is 0 Å². The monoisotopic (exact) mass is 221 g/mol. The molecule has 1 aromatic carbocycles. The second-order valence-corrected chi connectivity index (χ2v) is 4.22. The topological polar surface area (TPSA) is 19.0 Å². The summed E-state index contributed by atoms with van der Waals surface area (Å²) >= 11 is 0. The van der Waals surface area contributed by atoms with Crippen molar-refractivity contribution in [3.63, 3.8) is 0 Å². The summed E-state index contributed by atoms with van der Waals surface area (Å²) in [5.74, 6) is 0.00531. The highest BCUT2D eigenvalue weighted by Gasteiger charge is 2.20. The zero-order valence-electron chi connectivity index (χ0n) is 15.9. The summed E-state index contributed by atoms with van der Waals surface area (Å²) in [6, 6.07) is -0.823. The van der Waals surface area contributed by atoms with Crippen molar-refractivity contribution < 1.29 is 9.60 Å². The maximum atomic E-state index is 8.17. The second kappa shape index (κ2) is 3.95. The largest absolute Gasteiger partial charge is 0.361 e. The number of nitrogens with one attached hydrogen (secondary N) is 1. The first kappa shape index (κ1) is 4.92. The van der Waals surface area contributed by atoms with Gasteiger partial charge in [-0.3, -0.25) is 0 Å². The second-order valence-electron chi connectivity index (χ2n) is 4.22. The number of piperidine rings is 1. The average Bonchev–Trinajstić information content (AvgIpc) is 2.88. The van der Waals surface area contributed by atoms with Gasteiger partial charge in [-0.15, -0.1) is 0 Å². The Balaban J connectivity index is 2.07. The van der Waals surface area contributed by atoms with E-state index in [0.29, 0.717) is 36.9 Å². The molecule has 1 fully saturated rings. The molecular weight excluding hydrogens is 196 g/mol. The van der Waals surface area contributed by atoms with E-state index in [1.54, 1.807) is 4.90 Å². The number of para-hydroxylation sites is 1. The van der Waals surface area contributed by atoms with Gasteiger partial charge in [-0.1, -0.05) is 18.1 Å². The molecule has 2 nitrogen and oxygen atoms in total. The van der Waals surface area contributed by atoms with Crippen molar-refractivity contribution in [2.24, 2.45) is 0 Å². The van der Waals surface area contributed by atoms with E-state index < -0.39 is 7.00 Å². The van der Waals surface area contributed by atoms with Crippen LogP contribution in [-0.4, -0.2) is 30.0 Å². The van der Waals surface area contributed by atoms with Crippen LogP contribution in [0, 0.1) is 0 Å². The first-order chi connectivity index (χ1) is 10.8. The molecule has 1 aliphatic rings. The Morgan fingerprint density at radius 3 is 3.00 bits per heavy atom. The van der Waals surface area contributed by atoms with Crippen LogP contribution in [0.2, 0.25) is 0 Å². The van der Waals surface area contributed by atoms with Crippen molar-refractivity contribution >= 4 is 10.9 Å². The molecule has 0 aliphatic carbocycles. The van der Waals surface area contributed by atoms with Gasteiger partial charge in [0, 0.05) is 19.8 Å². The minimum atomic E-state index is -0.994. The zero-order valence-corrected chi connectivity index (χ0v) is 8.93. The third-order valence-electron chi connectivity index (χ3n) is 3.22. The molecule has 84 valence electrons. The number of likely N-dealkylation sites (tertiary alicyclic amines) is 1. The van der Waals surface area contributed by atoms with Crippen LogP contribution in [0.5, 0.6) is 0 Å². The molecule has 2 heteroatoms. The highest BCUT2D eigenvalue weighted by Crippen LogP contribution is 2.32. The lowest BCUT2D eigenvalue weighted by Crippen LogP contribution is -2.29. The van der Waals surface area contributed by atoms with Crippen molar-refractivity contribution in [2.75, 3.05) is 20.1 Å². The Bertz CT molecular complexity index is 748. The zero-order chi connectivity index (χ0) is 16.9. The van der Waals surface area contributed by atoms with Crippen molar-refractivity contribution in [1.82, 2.24) is 9.88 Å². The number of hydrogen-bond donors (Lipinski definition) is 1. The Labute approximate surface area is 106 Å². The highest BCUT2D eigenvalue weighted by molar-refractivity contribution is 5.83. The van der Waals surface area contributed by atoms with Crippen LogP contribution in [0.4, 0.5) is 0 Å². The van der Waals surface area contributed by atoms with E-state index in [-0.39, 0.29) is 41.8 Å². The molecule has 1 saturated heterocycles. The van der Waals surface area contributed by atoms with Gasteiger partial charge in [0.2, 0.25) is 0 Å². The van der Waals surface area contributed by atoms with Gasteiger partial charge in [-0.25, -0.2) is 0 Å². The summed E-state index contributed by atoms with van der Waals surface area (Å²) in [4.78, 5) is 4.54. The number of nitrogens with zero attached hydrogens (tertiary/aromatic N) is 1. The fourth-order valence-corrected chi connectivity index (χ4v) is 2.29. The molecule has 0 atom stereocenters. The number of aromatic amines is 1. The van der Waals surface area contributed by atoms with Crippen LogP contribution in [0.3, 0.4) is 0 Å². The van der Waals surface area contributed by atoms with E-state index in [1.165, 1.54) is 0 Å². The van der Waals surface area contributed by atoms with E-state index in [2.05, 4.69) is 4.98 Å². The molecule has 3 rings (SSSR count). The van der Waals surface area contributed by atoms with Gasteiger partial charge in [0.15, 0.2) is 0 Å². The fraction of sp³-hybridized carbons (Fsp3) is 0.429. The molecule has 2 heterocycles. The predicted molar refractivity (Wildman–Crippen MR) is 67.8 cm³/mol.